The van der Waals surface area contributed by atoms with Gasteiger partial charge in [-0.1, -0.05) is 20.8 Å². The summed E-state index contributed by atoms with van der Waals surface area (Å²) in [5.74, 6) is -0.219. The minimum atomic E-state index is -1.33. The fourth-order valence-electron chi connectivity index (χ4n) is 2.57. The highest BCUT2D eigenvalue weighted by Gasteiger charge is 2.45. The number of rotatable bonds is 8. The molecule has 0 aromatic rings. The van der Waals surface area contributed by atoms with Crippen LogP contribution in [-0.4, -0.2) is 70.9 Å². The number of hydrogen-bond acceptors (Lipinski definition) is 7. The predicted octanol–water partition coefficient (Wildman–Crippen LogP) is -0.268. The van der Waals surface area contributed by atoms with Gasteiger partial charge in [0.15, 0.2) is 6.29 Å². The number of ketones is 1. The molecule has 0 unspecified atom stereocenters. The molecule has 1 rings (SSSR count). The summed E-state index contributed by atoms with van der Waals surface area (Å²) in [6.45, 7) is 6.70. The first-order chi connectivity index (χ1) is 11.6. The summed E-state index contributed by atoms with van der Waals surface area (Å²) in [7, 11) is 0. The van der Waals surface area contributed by atoms with Gasteiger partial charge in [0.2, 0.25) is 5.91 Å². The van der Waals surface area contributed by atoms with Crippen LogP contribution in [0.4, 0.5) is 0 Å². The van der Waals surface area contributed by atoms with E-state index in [1.54, 1.807) is 0 Å². The summed E-state index contributed by atoms with van der Waals surface area (Å²) in [5.41, 5.74) is -0.363. The van der Waals surface area contributed by atoms with Crippen LogP contribution in [0.15, 0.2) is 0 Å². The number of aliphatic hydroxyl groups is 3. The Kier molecular flexibility index (Phi) is 8.43. The van der Waals surface area contributed by atoms with E-state index in [4.69, 9.17) is 9.47 Å². The van der Waals surface area contributed by atoms with Gasteiger partial charge in [-0.05, 0) is 12.8 Å². The fraction of sp³-hybridized carbons (Fsp3) is 0.882. The van der Waals surface area contributed by atoms with Crippen molar-refractivity contribution in [1.82, 2.24) is 5.32 Å². The van der Waals surface area contributed by atoms with Crippen LogP contribution in [-0.2, 0) is 19.1 Å². The Bertz CT molecular complexity index is 449. The molecule has 0 aliphatic carbocycles. The van der Waals surface area contributed by atoms with Crippen LogP contribution >= 0.6 is 0 Å². The van der Waals surface area contributed by atoms with Crippen molar-refractivity contribution in [1.29, 1.82) is 0 Å². The van der Waals surface area contributed by atoms with Gasteiger partial charge in [-0.3, -0.25) is 9.59 Å². The van der Waals surface area contributed by atoms with E-state index in [0.29, 0.717) is 19.3 Å². The van der Waals surface area contributed by atoms with Gasteiger partial charge < -0.3 is 30.1 Å². The van der Waals surface area contributed by atoms with Crippen molar-refractivity contribution >= 4 is 11.7 Å². The Morgan fingerprint density at radius 3 is 2.32 bits per heavy atom. The third kappa shape index (κ3) is 6.63. The molecule has 146 valence electrons. The molecule has 1 aliphatic heterocycles. The topological polar surface area (TPSA) is 125 Å². The fourth-order valence-corrected chi connectivity index (χ4v) is 2.57. The predicted molar refractivity (Wildman–Crippen MR) is 89.6 cm³/mol. The second-order valence-electron chi connectivity index (χ2n) is 7.43. The van der Waals surface area contributed by atoms with Gasteiger partial charge in [-0.15, -0.1) is 0 Å². The molecular weight excluding hydrogens is 330 g/mol. The van der Waals surface area contributed by atoms with Gasteiger partial charge in [-0.25, -0.2) is 0 Å². The second kappa shape index (κ2) is 9.59. The third-order valence-corrected chi connectivity index (χ3v) is 4.17. The number of unbranched alkanes of at least 4 members (excludes halogenated alkanes) is 1. The summed E-state index contributed by atoms with van der Waals surface area (Å²) in [6.07, 6.45) is -2.91. The number of ether oxygens (including phenoxy) is 2. The lowest BCUT2D eigenvalue weighted by Gasteiger charge is -2.42. The van der Waals surface area contributed by atoms with E-state index in [0.717, 1.165) is 0 Å². The molecule has 25 heavy (non-hydrogen) atoms. The highest BCUT2D eigenvalue weighted by molar-refractivity contribution is 5.83. The third-order valence-electron chi connectivity index (χ3n) is 4.17. The van der Waals surface area contributed by atoms with Crippen LogP contribution in [0.2, 0.25) is 0 Å². The maximum absolute atomic E-state index is 11.9. The second-order valence-corrected chi connectivity index (χ2v) is 7.43. The summed E-state index contributed by atoms with van der Waals surface area (Å²) in [6, 6.07) is -0.938. The van der Waals surface area contributed by atoms with Gasteiger partial charge in [-0.2, -0.15) is 0 Å². The monoisotopic (exact) mass is 361 g/mol. The maximum atomic E-state index is 11.9. The number of carbonyl (C=O) groups is 2. The normalized spacial score (nSPS) is 30.1. The van der Waals surface area contributed by atoms with Crippen molar-refractivity contribution in [2.75, 3.05) is 13.2 Å². The molecule has 8 heteroatoms. The van der Waals surface area contributed by atoms with Crippen LogP contribution in [0.25, 0.3) is 0 Å². The zero-order chi connectivity index (χ0) is 19.2. The van der Waals surface area contributed by atoms with Crippen molar-refractivity contribution in [3.05, 3.63) is 0 Å². The van der Waals surface area contributed by atoms with Crippen LogP contribution in [0.3, 0.4) is 0 Å². The standard InChI is InChI=1S/C17H31NO7/c1-10(20)18-13-15(23)14(22)11(9-19)25-16(13)24-8-6-5-7-12(21)17(2,3)4/h11,13-16,19,22-23H,5-9H2,1-4H3,(H,18,20)/t11-,13-,14+,15-,16-/m1/s1. The van der Waals surface area contributed by atoms with Gasteiger partial charge >= 0.3 is 0 Å². The molecule has 4 N–H and O–H groups in total. The number of amides is 1. The lowest BCUT2D eigenvalue weighted by molar-refractivity contribution is -0.270. The van der Waals surface area contributed by atoms with Gasteiger partial charge in [0.05, 0.1) is 6.61 Å². The first-order valence-corrected chi connectivity index (χ1v) is 8.62. The zero-order valence-electron chi connectivity index (χ0n) is 15.4. The number of carbonyl (C=O) groups excluding carboxylic acids is 2. The molecule has 0 aromatic heterocycles. The van der Waals surface area contributed by atoms with Gasteiger partial charge in [0.25, 0.3) is 0 Å². The van der Waals surface area contributed by atoms with E-state index < -0.39 is 43.2 Å². The van der Waals surface area contributed by atoms with Gasteiger partial charge in [0.1, 0.15) is 30.1 Å². The van der Waals surface area contributed by atoms with Gasteiger partial charge in [0, 0.05) is 25.4 Å². The Morgan fingerprint density at radius 1 is 1.16 bits per heavy atom. The minimum Gasteiger partial charge on any atom is -0.394 e. The van der Waals surface area contributed by atoms with Crippen molar-refractivity contribution in [2.24, 2.45) is 5.41 Å². The first-order valence-electron chi connectivity index (χ1n) is 8.62. The summed E-state index contributed by atoms with van der Waals surface area (Å²) < 4.78 is 11.0. The van der Waals surface area contributed by atoms with Crippen molar-refractivity contribution in [3.8, 4) is 0 Å². The van der Waals surface area contributed by atoms with Crippen molar-refractivity contribution < 1.29 is 34.4 Å². The highest BCUT2D eigenvalue weighted by Crippen LogP contribution is 2.23. The van der Waals surface area contributed by atoms with Crippen LogP contribution in [0.5, 0.6) is 0 Å². The molecule has 1 aliphatic rings. The van der Waals surface area contributed by atoms with Crippen LogP contribution in [0, 0.1) is 5.41 Å². The minimum absolute atomic E-state index is 0.177. The molecule has 0 aromatic carbocycles. The summed E-state index contributed by atoms with van der Waals surface area (Å²) >= 11 is 0. The smallest absolute Gasteiger partial charge is 0.217 e. The lowest BCUT2D eigenvalue weighted by atomic mass is 9.88. The number of aliphatic hydroxyl groups excluding tert-OH is 3. The molecule has 5 atom stereocenters. The number of Topliss-reactive ketones (excluding diaryl/α,β-unsaturated/α-hetero) is 1. The van der Waals surface area contributed by atoms with Crippen LogP contribution in [0.1, 0.15) is 47.0 Å². The van der Waals surface area contributed by atoms with Crippen molar-refractivity contribution in [3.63, 3.8) is 0 Å². The Morgan fingerprint density at radius 2 is 1.80 bits per heavy atom. The molecule has 0 radical (unpaired) electrons. The average Bonchev–Trinajstić information content (AvgIpc) is 2.51. The Hall–Kier alpha value is -1.06. The maximum Gasteiger partial charge on any atom is 0.217 e. The zero-order valence-corrected chi connectivity index (χ0v) is 15.4. The quantitative estimate of drug-likeness (QED) is 0.439. The Balaban J connectivity index is 2.52. The SMILES string of the molecule is CC(=O)N[C@H]1[C@H](OCCCCC(=O)C(C)(C)C)O[C@H](CO)[C@H](O)[C@@H]1O. The van der Waals surface area contributed by atoms with E-state index in [1.165, 1.54) is 6.92 Å². The average molecular weight is 361 g/mol. The van der Waals surface area contributed by atoms with E-state index in [1.807, 2.05) is 20.8 Å². The molecule has 0 bridgehead atoms. The van der Waals surface area contributed by atoms with E-state index >= 15 is 0 Å². The van der Waals surface area contributed by atoms with E-state index in [9.17, 15) is 24.9 Å². The molecule has 0 spiro atoms. The van der Waals surface area contributed by atoms with Crippen LogP contribution < -0.4 is 5.32 Å². The molecule has 1 saturated heterocycles. The molecular formula is C17H31NO7. The Labute approximate surface area is 148 Å². The number of hydrogen-bond donors (Lipinski definition) is 4. The molecule has 8 nitrogen and oxygen atoms in total. The molecule has 1 heterocycles. The largest absolute Gasteiger partial charge is 0.394 e. The summed E-state index contributed by atoms with van der Waals surface area (Å²) in [5, 5.41) is 31.8. The molecule has 1 amide bonds. The molecule has 1 fully saturated rings. The van der Waals surface area contributed by atoms with E-state index in [-0.39, 0.29) is 17.8 Å². The number of nitrogens with one attached hydrogen (secondary N) is 1. The first kappa shape index (κ1) is 22.0. The van der Waals surface area contributed by atoms with Crippen molar-refractivity contribution in [2.45, 2.75) is 77.6 Å². The summed E-state index contributed by atoms with van der Waals surface area (Å²) in [4.78, 5) is 23.2. The highest BCUT2D eigenvalue weighted by atomic mass is 16.7. The lowest BCUT2D eigenvalue weighted by Crippen LogP contribution is -2.64. The van der Waals surface area contributed by atoms with E-state index in [2.05, 4.69) is 5.32 Å². The molecule has 0 saturated carbocycles.